The number of nitrogens with zero attached hydrogens (tertiary/aromatic N) is 6. The van der Waals surface area contributed by atoms with Crippen LogP contribution < -0.4 is 10.2 Å². The van der Waals surface area contributed by atoms with Gasteiger partial charge in [-0.1, -0.05) is 11.3 Å². The maximum absolute atomic E-state index is 12.0. The number of nitro groups is 1. The third-order valence-corrected chi connectivity index (χ3v) is 4.54. The van der Waals surface area contributed by atoms with Crippen molar-refractivity contribution in [3.63, 3.8) is 0 Å². The van der Waals surface area contributed by atoms with Gasteiger partial charge in [0.15, 0.2) is 0 Å². The Balaban J connectivity index is 1.58. The number of piperazine rings is 1. The number of aromatic nitrogens is 3. The van der Waals surface area contributed by atoms with Gasteiger partial charge in [-0.25, -0.2) is 4.98 Å². The molecule has 2 aromatic heterocycles. The molecular formula is C14H17N7O3S. The maximum Gasteiger partial charge on any atom is 0.314 e. The largest absolute Gasteiger partial charge is 0.348 e. The topological polar surface area (TPSA) is 117 Å². The number of pyridine rings is 1. The third kappa shape index (κ3) is 4.06. The minimum absolute atomic E-state index is 0.0463. The number of hydrogen-bond acceptors (Lipinski definition) is 9. The van der Waals surface area contributed by atoms with Crippen LogP contribution in [0.15, 0.2) is 17.8 Å². The van der Waals surface area contributed by atoms with Crippen LogP contribution in [-0.4, -0.2) is 63.6 Å². The fourth-order valence-electron chi connectivity index (χ4n) is 2.70. The first-order valence-electron chi connectivity index (χ1n) is 7.68. The van der Waals surface area contributed by atoms with Crippen molar-refractivity contribution in [2.45, 2.75) is 6.92 Å². The second kappa shape index (κ2) is 7.49. The number of hydrogen-bond donors (Lipinski definition) is 1. The Hall–Kier alpha value is -2.66. The molecule has 0 radical (unpaired) electrons. The van der Waals surface area contributed by atoms with Crippen LogP contribution in [0, 0.1) is 17.0 Å². The Bertz CT molecular complexity index is 760. The Kier molecular flexibility index (Phi) is 5.14. The molecule has 11 heteroatoms. The highest BCUT2D eigenvalue weighted by Gasteiger charge is 2.27. The van der Waals surface area contributed by atoms with Gasteiger partial charge in [0, 0.05) is 37.9 Å². The number of anilines is 2. The average molecular weight is 363 g/mol. The molecule has 1 fully saturated rings. The van der Waals surface area contributed by atoms with Crippen LogP contribution in [0.5, 0.6) is 0 Å². The van der Waals surface area contributed by atoms with Gasteiger partial charge in [-0.05, 0) is 13.0 Å². The van der Waals surface area contributed by atoms with E-state index in [-0.39, 0.29) is 23.1 Å². The molecule has 1 saturated heterocycles. The number of rotatable bonds is 5. The molecule has 1 aliphatic heterocycles. The number of amides is 1. The number of aryl methyl sites for hydroxylation is 1. The van der Waals surface area contributed by atoms with E-state index in [2.05, 4.69) is 20.5 Å². The highest BCUT2D eigenvalue weighted by Crippen LogP contribution is 2.29. The summed E-state index contributed by atoms with van der Waals surface area (Å²) < 4.78 is 0. The van der Waals surface area contributed by atoms with Gasteiger partial charge in [0.1, 0.15) is 5.51 Å². The molecule has 0 aromatic carbocycles. The lowest BCUT2D eigenvalue weighted by Gasteiger charge is -2.34. The summed E-state index contributed by atoms with van der Waals surface area (Å²) in [7, 11) is 0. The first-order chi connectivity index (χ1) is 12.0. The number of carbonyl (C=O) groups excluding carboxylic acids is 1. The van der Waals surface area contributed by atoms with Gasteiger partial charge in [-0.3, -0.25) is 25.1 Å². The summed E-state index contributed by atoms with van der Waals surface area (Å²) in [6.45, 7) is 4.34. The summed E-state index contributed by atoms with van der Waals surface area (Å²) in [5, 5.41) is 21.9. The maximum atomic E-state index is 12.0. The van der Waals surface area contributed by atoms with Gasteiger partial charge in [0.2, 0.25) is 16.9 Å². The first kappa shape index (κ1) is 17.2. The lowest BCUT2D eigenvalue weighted by molar-refractivity contribution is -0.384. The third-order valence-electron chi connectivity index (χ3n) is 3.93. The Labute approximate surface area is 147 Å². The van der Waals surface area contributed by atoms with Crippen molar-refractivity contribution in [2.24, 2.45) is 0 Å². The second-order valence-electron chi connectivity index (χ2n) is 5.61. The van der Waals surface area contributed by atoms with Crippen LogP contribution in [0.3, 0.4) is 0 Å². The molecule has 3 heterocycles. The summed E-state index contributed by atoms with van der Waals surface area (Å²) in [6, 6.07) is 1.63. The lowest BCUT2D eigenvalue weighted by Crippen LogP contribution is -2.49. The molecule has 0 atom stereocenters. The van der Waals surface area contributed by atoms with Gasteiger partial charge in [0.05, 0.1) is 11.5 Å². The fourth-order valence-corrected chi connectivity index (χ4v) is 3.16. The summed E-state index contributed by atoms with van der Waals surface area (Å²) in [6.07, 6.45) is 1.58. The van der Waals surface area contributed by atoms with Crippen LogP contribution in [0.4, 0.5) is 16.6 Å². The second-order valence-corrected chi connectivity index (χ2v) is 6.45. The first-order valence-corrected chi connectivity index (χ1v) is 8.56. The molecule has 1 aliphatic rings. The number of carbonyl (C=O) groups is 1. The number of nitrogens with one attached hydrogen (secondary N) is 1. The summed E-state index contributed by atoms with van der Waals surface area (Å²) in [5.41, 5.74) is 2.19. The highest BCUT2D eigenvalue weighted by molar-refractivity contribution is 7.13. The van der Waals surface area contributed by atoms with Crippen molar-refractivity contribution in [3.8, 4) is 0 Å². The van der Waals surface area contributed by atoms with Crippen LogP contribution in [-0.2, 0) is 4.79 Å². The van der Waals surface area contributed by atoms with Crippen LogP contribution in [0.25, 0.3) is 0 Å². The van der Waals surface area contributed by atoms with E-state index < -0.39 is 0 Å². The van der Waals surface area contributed by atoms with E-state index in [9.17, 15) is 14.9 Å². The van der Waals surface area contributed by atoms with Gasteiger partial charge in [-0.2, -0.15) is 0 Å². The Morgan fingerprint density at radius 1 is 1.40 bits per heavy atom. The molecule has 1 N–H and O–H groups in total. The van der Waals surface area contributed by atoms with Crippen LogP contribution in [0.1, 0.15) is 5.56 Å². The molecule has 1 amide bonds. The summed E-state index contributed by atoms with van der Waals surface area (Å²) >= 11 is 1.26. The van der Waals surface area contributed by atoms with Crippen molar-refractivity contribution in [1.29, 1.82) is 0 Å². The van der Waals surface area contributed by atoms with E-state index >= 15 is 0 Å². The molecule has 132 valence electrons. The van der Waals surface area contributed by atoms with Crippen molar-refractivity contribution in [2.75, 3.05) is 42.9 Å². The van der Waals surface area contributed by atoms with E-state index in [0.29, 0.717) is 42.7 Å². The van der Waals surface area contributed by atoms with Crippen molar-refractivity contribution < 1.29 is 9.72 Å². The highest BCUT2D eigenvalue weighted by atomic mass is 32.1. The molecule has 0 spiro atoms. The summed E-state index contributed by atoms with van der Waals surface area (Å²) in [5.74, 6) is 0.243. The molecule has 2 aromatic rings. The van der Waals surface area contributed by atoms with Gasteiger partial charge in [-0.15, -0.1) is 10.2 Å². The zero-order valence-electron chi connectivity index (χ0n) is 13.6. The minimum Gasteiger partial charge on any atom is -0.348 e. The van der Waals surface area contributed by atoms with Crippen molar-refractivity contribution in [1.82, 2.24) is 20.1 Å². The predicted molar refractivity (Wildman–Crippen MR) is 92.8 cm³/mol. The monoisotopic (exact) mass is 363 g/mol. The van der Waals surface area contributed by atoms with Gasteiger partial charge >= 0.3 is 5.69 Å². The molecule has 25 heavy (non-hydrogen) atoms. The minimum atomic E-state index is -0.389. The molecule has 0 unspecified atom stereocenters. The Morgan fingerprint density at radius 3 is 2.80 bits per heavy atom. The molecule has 3 rings (SSSR count). The van der Waals surface area contributed by atoms with Crippen molar-refractivity contribution >= 4 is 33.9 Å². The van der Waals surface area contributed by atoms with E-state index in [4.69, 9.17) is 0 Å². The van der Waals surface area contributed by atoms with E-state index in [1.807, 2.05) is 9.80 Å². The van der Waals surface area contributed by atoms with E-state index in [1.165, 1.54) is 11.3 Å². The lowest BCUT2D eigenvalue weighted by atomic mass is 10.2. The molecule has 10 nitrogen and oxygen atoms in total. The smallest absolute Gasteiger partial charge is 0.314 e. The van der Waals surface area contributed by atoms with Crippen LogP contribution >= 0.6 is 11.3 Å². The quantitative estimate of drug-likeness (QED) is 0.615. The Morgan fingerprint density at radius 2 is 2.16 bits per heavy atom. The normalized spacial score (nSPS) is 15.2. The molecule has 0 saturated carbocycles. The van der Waals surface area contributed by atoms with Crippen molar-refractivity contribution in [3.05, 3.63) is 33.5 Å². The zero-order valence-corrected chi connectivity index (χ0v) is 14.4. The molecule has 0 bridgehead atoms. The van der Waals surface area contributed by atoms with E-state index in [1.54, 1.807) is 24.7 Å². The molecule has 0 aliphatic carbocycles. The SMILES string of the molecule is Cc1ccnc(N2CCN(CC(=O)Nc3nncs3)CC2)c1[N+](=O)[O-]. The summed E-state index contributed by atoms with van der Waals surface area (Å²) in [4.78, 5) is 31.0. The van der Waals surface area contributed by atoms with Gasteiger partial charge in [0.25, 0.3) is 0 Å². The van der Waals surface area contributed by atoms with Crippen LogP contribution in [0.2, 0.25) is 0 Å². The van der Waals surface area contributed by atoms with E-state index in [0.717, 1.165) is 0 Å². The van der Waals surface area contributed by atoms with Gasteiger partial charge < -0.3 is 4.90 Å². The molecular weight excluding hydrogens is 346 g/mol. The predicted octanol–water partition coefficient (Wildman–Crippen LogP) is 0.910. The zero-order chi connectivity index (χ0) is 17.8. The average Bonchev–Trinajstić information content (AvgIpc) is 3.07. The standard InChI is InChI=1S/C14H17N7O3S/c1-10-2-3-15-13(12(10)21(23)24)20-6-4-19(5-7-20)8-11(22)17-14-18-16-9-25-14/h2-3,9H,4-8H2,1H3,(H,17,18,22). The fraction of sp³-hybridized carbons (Fsp3) is 0.429.